The molecular weight excluding hydrogens is 259 g/mol. The van der Waals surface area contributed by atoms with Gasteiger partial charge in [0.15, 0.2) is 0 Å². The Morgan fingerprint density at radius 1 is 1.53 bits per heavy atom. The highest BCUT2D eigenvalue weighted by molar-refractivity contribution is 9.10. The van der Waals surface area contributed by atoms with E-state index < -0.39 is 6.10 Å². The predicted octanol–water partition coefficient (Wildman–Crippen LogP) is 3.43. The molecule has 0 bridgehead atoms. The standard InChI is InChI=1S/C12H12BrFO/c1-2-3-4-5-12(15)10-8-9(13)6-7-11(10)14/h6-8,12,15H,4-5H2,1H3. The van der Waals surface area contributed by atoms with Gasteiger partial charge in [-0.2, -0.15) is 0 Å². The molecule has 80 valence electrons. The third-order valence-corrected chi connectivity index (χ3v) is 2.53. The van der Waals surface area contributed by atoms with Crippen LogP contribution in [0, 0.1) is 17.7 Å². The van der Waals surface area contributed by atoms with Crippen molar-refractivity contribution in [2.45, 2.75) is 25.9 Å². The molecule has 1 atom stereocenters. The lowest BCUT2D eigenvalue weighted by Gasteiger charge is -2.10. The summed E-state index contributed by atoms with van der Waals surface area (Å²) in [5.41, 5.74) is 0.322. The lowest BCUT2D eigenvalue weighted by Crippen LogP contribution is -2.00. The van der Waals surface area contributed by atoms with Crippen molar-refractivity contribution < 1.29 is 9.50 Å². The van der Waals surface area contributed by atoms with Crippen molar-refractivity contribution >= 4 is 15.9 Å². The Morgan fingerprint density at radius 3 is 2.93 bits per heavy atom. The summed E-state index contributed by atoms with van der Waals surface area (Å²) in [5, 5.41) is 9.72. The molecule has 3 heteroatoms. The number of halogens is 2. The number of hydrogen-bond acceptors (Lipinski definition) is 1. The van der Waals surface area contributed by atoms with E-state index in [4.69, 9.17) is 0 Å². The first-order valence-electron chi connectivity index (χ1n) is 4.67. The molecule has 1 aromatic rings. The average molecular weight is 271 g/mol. The van der Waals surface area contributed by atoms with Gasteiger partial charge in [-0.05, 0) is 31.5 Å². The number of rotatable bonds is 3. The smallest absolute Gasteiger partial charge is 0.129 e. The topological polar surface area (TPSA) is 20.2 Å². The number of hydrogen-bond donors (Lipinski definition) is 1. The van der Waals surface area contributed by atoms with Crippen LogP contribution in [0.4, 0.5) is 4.39 Å². The Labute approximate surface area is 97.4 Å². The van der Waals surface area contributed by atoms with Gasteiger partial charge in [-0.1, -0.05) is 15.9 Å². The van der Waals surface area contributed by atoms with E-state index in [0.717, 1.165) is 4.47 Å². The zero-order valence-corrected chi connectivity index (χ0v) is 10.0. The summed E-state index contributed by atoms with van der Waals surface area (Å²) in [6.45, 7) is 1.74. The molecule has 0 radical (unpaired) electrons. The minimum Gasteiger partial charge on any atom is -0.388 e. The van der Waals surface area contributed by atoms with Crippen LogP contribution in [0.3, 0.4) is 0 Å². The lowest BCUT2D eigenvalue weighted by molar-refractivity contribution is 0.164. The van der Waals surface area contributed by atoms with Gasteiger partial charge in [0.05, 0.1) is 6.10 Å². The maximum atomic E-state index is 13.3. The first-order chi connectivity index (χ1) is 7.15. The lowest BCUT2D eigenvalue weighted by atomic mass is 10.0. The number of aliphatic hydroxyl groups excluding tert-OH is 1. The fourth-order valence-electron chi connectivity index (χ4n) is 1.26. The maximum absolute atomic E-state index is 13.3. The Bertz CT molecular complexity index is 392. The van der Waals surface area contributed by atoms with E-state index in [2.05, 4.69) is 27.8 Å². The molecule has 0 heterocycles. The van der Waals surface area contributed by atoms with E-state index in [1.54, 1.807) is 19.1 Å². The van der Waals surface area contributed by atoms with Gasteiger partial charge in [0.1, 0.15) is 5.82 Å². The van der Waals surface area contributed by atoms with Gasteiger partial charge in [0, 0.05) is 16.5 Å². The average Bonchev–Trinajstić information content (AvgIpc) is 2.22. The van der Waals surface area contributed by atoms with Gasteiger partial charge in [-0.25, -0.2) is 4.39 Å². The zero-order valence-electron chi connectivity index (χ0n) is 8.43. The zero-order chi connectivity index (χ0) is 11.3. The second-order valence-corrected chi connectivity index (χ2v) is 4.06. The maximum Gasteiger partial charge on any atom is 0.129 e. The van der Waals surface area contributed by atoms with Crippen LogP contribution in [0.2, 0.25) is 0 Å². The SMILES string of the molecule is CC#CCCC(O)c1cc(Br)ccc1F. The summed E-state index contributed by atoms with van der Waals surface area (Å²) in [6.07, 6.45) is 0.237. The van der Waals surface area contributed by atoms with Gasteiger partial charge < -0.3 is 5.11 Å². The third kappa shape index (κ3) is 3.65. The first-order valence-corrected chi connectivity index (χ1v) is 5.47. The highest BCUT2D eigenvalue weighted by Crippen LogP contribution is 2.24. The minimum atomic E-state index is -0.789. The summed E-state index contributed by atoms with van der Waals surface area (Å²) in [6, 6.07) is 4.55. The Kier molecular flexibility index (Phi) is 4.80. The first kappa shape index (κ1) is 12.2. The van der Waals surface area contributed by atoms with Crippen LogP contribution >= 0.6 is 15.9 Å². The van der Waals surface area contributed by atoms with Crippen molar-refractivity contribution in [3.8, 4) is 11.8 Å². The predicted molar refractivity (Wildman–Crippen MR) is 61.7 cm³/mol. The highest BCUT2D eigenvalue weighted by atomic mass is 79.9. The molecule has 0 aromatic heterocycles. The van der Waals surface area contributed by atoms with Gasteiger partial charge in [0.25, 0.3) is 0 Å². The third-order valence-electron chi connectivity index (χ3n) is 2.04. The van der Waals surface area contributed by atoms with Gasteiger partial charge in [0.2, 0.25) is 0 Å². The molecule has 0 saturated carbocycles. The molecule has 0 aliphatic rings. The molecule has 1 unspecified atom stereocenters. The molecule has 1 aromatic carbocycles. The van der Waals surface area contributed by atoms with E-state index in [1.807, 2.05) is 0 Å². The second-order valence-electron chi connectivity index (χ2n) is 3.15. The molecular formula is C12H12BrFO. The van der Waals surface area contributed by atoms with Gasteiger partial charge in [-0.15, -0.1) is 11.8 Å². The monoisotopic (exact) mass is 270 g/mol. The molecule has 0 amide bonds. The van der Waals surface area contributed by atoms with Crippen molar-refractivity contribution in [2.24, 2.45) is 0 Å². The van der Waals surface area contributed by atoms with Crippen molar-refractivity contribution in [3.05, 3.63) is 34.1 Å². The Morgan fingerprint density at radius 2 is 2.27 bits per heavy atom. The molecule has 0 saturated heterocycles. The number of benzene rings is 1. The van der Waals surface area contributed by atoms with Crippen LogP contribution in [0.25, 0.3) is 0 Å². The van der Waals surface area contributed by atoms with E-state index in [0.29, 0.717) is 18.4 Å². The van der Waals surface area contributed by atoms with Crippen LogP contribution < -0.4 is 0 Å². The summed E-state index contributed by atoms with van der Waals surface area (Å²) < 4.78 is 14.1. The van der Waals surface area contributed by atoms with Crippen LogP contribution in [0.1, 0.15) is 31.4 Å². The molecule has 0 spiro atoms. The molecule has 15 heavy (non-hydrogen) atoms. The van der Waals surface area contributed by atoms with Crippen molar-refractivity contribution in [3.63, 3.8) is 0 Å². The summed E-state index contributed by atoms with van der Waals surface area (Å²) in [7, 11) is 0. The van der Waals surface area contributed by atoms with Gasteiger partial charge in [-0.3, -0.25) is 0 Å². The summed E-state index contributed by atoms with van der Waals surface area (Å²) in [4.78, 5) is 0. The van der Waals surface area contributed by atoms with Crippen molar-refractivity contribution in [1.29, 1.82) is 0 Å². The fourth-order valence-corrected chi connectivity index (χ4v) is 1.64. The van der Waals surface area contributed by atoms with E-state index in [-0.39, 0.29) is 5.82 Å². The van der Waals surface area contributed by atoms with Crippen LogP contribution in [0.5, 0.6) is 0 Å². The van der Waals surface area contributed by atoms with Gasteiger partial charge >= 0.3 is 0 Å². The van der Waals surface area contributed by atoms with Crippen LogP contribution in [0.15, 0.2) is 22.7 Å². The van der Waals surface area contributed by atoms with Crippen molar-refractivity contribution in [1.82, 2.24) is 0 Å². The molecule has 0 aliphatic heterocycles. The molecule has 1 nitrogen and oxygen atoms in total. The van der Waals surface area contributed by atoms with Crippen molar-refractivity contribution in [2.75, 3.05) is 0 Å². The molecule has 0 aliphatic carbocycles. The van der Waals surface area contributed by atoms with E-state index in [9.17, 15) is 9.50 Å². The molecule has 1 rings (SSSR count). The number of aliphatic hydroxyl groups is 1. The quantitative estimate of drug-likeness (QED) is 0.835. The molecule has 1 N–H and O–H groups in total. The minimum absolute atomic E-state index is 0.322. The summed E-state index contributed by atoms with van der Waals surface area (Å²) in [5.74, 6) is 5.20. The van der Waals surface area contributed by atoms with Crippen LogP contribution in [-0.4, -0.2) is 5.11 Å². The fraction of sp³-hybridized carbons (Fsp3) is 0.333. The Balaban J connectivity index is 2.74. The summed E-state index contributed by atoms with van der Waals surface area (Å²) >= 11 is 3.24. The Hall–Kier alpha value is -0.850. The normalized spacial score (nSPS) is 11.7. The highest BCUT2D eigenvalue weighted by Gasteiger charge is 2.12. The van der Waals surface area contributed by atoms with E-state index >= 15 is 0 Å². The van der Waals surface area contributed by atoms with Crippen LogP contribution in [-0.2, 0) is 0 Å². The molecule has 0 fully saturated rings. The largest absolute Gasteiger partial charge is 0.388 e. The second kappa shape index (κ2) is 5.89. The van der Waals surface area contributed by atoms with E-state index in [1.165, 1.54) is 6.07 Å².